The standard InChI is InChI=1S/C17H17N5O2/c23-17(12-1-2-15-16(9-12)19-6-5-18-15)21-13-10-20-22(11-13)14-3-7-24-8-4-14/h1-2,5-6,9-11,14H,3-4,7-8H2,(H,21,23). The fourth-order valence-corrected chi connectivity index (χ4v) is 2.86. The van der Waals surface area contributed by atoms with Crippen molar-refractivity contribution >= 4 is 22.6 Å². The summed E-state index contributed by atoms with van der Waals surface area (Å²) in [5.74, 6) is -0.186. The number of nitrogens with one attached hydrogen (secondary N) is 1. The zero-order valence-electron chi connectivity index (χ0n) is 13.1. The monoisotopic (exact) mass is 323 g/mol. The maximum Gasteiger partial charge on any atom is 0.255 e. The number of benzene rings is 1. The Labute approximate surface area is 138 Å². The number of aromatic nitrogens is 4. The number of carbonyl (C=O) groups excluding carboxylic acids is 1. The van der Waals surface area contributed by atoms with E-state index in [-0.39, 0.29) is 5.91 Å². The predicted molar refractivity (Wildman–Crippen MR) is 88.8 cm³/mol. The van der Waals surface area contributed by atoms with Gasteiger partial charge in [0.25, 0.3) is 5.91 Å². The van der Waals surface area contributed by atoms with Gasteiger partial charge in [0, 0.05) is 37.4 Å². The topological polar surface area (TPSA) is 81.9 Å². The molecule has 1 saturated heterocycles. The summed E-state index contributed by atoms with van der Waals surface area (Å²) in [6.07, 6.45) is 8.68. The molecule has 0 saturated carbocycles. The fourth-order valence-electron chi connectivity index (χ4n) is 2.86. The Balaban J connectivity index is 1.49. The summed E-state index contributed by atoms with van der Waals surface area (Å²) in [6, 6.07) is 5.61. The Morgan fingerprint density at radius 1 is 1.17 bits per heavy atom. The third kappa shape index (κ3) is 2.98. The van der Waals surface area contributed by atoms with Crippen molar-refractivity contribution in [3.05, 3.63) is 48.5 Å². The SMILES string of the molecule is O=C(Nc1cnn(C2CCOCC2)c1)c1ccc2nccnc2c1. The Morgan fingerprint density at radius 2 is 1.96 bits per heavy atom. The van der Waals surface area contributed by atoms with Gasteiger partial charge in [0.05, 0.1) is 29.0 Å². The van der Waals surface area contributed by atoms with Crippen molar-refractivity contribution < 1.29 is 9.53 Å². The molecule has 3 aromatic rings. The number of amides is 1. The van der Waals surface area contributed by atoms with Crippen molar-refractivity contribution in [3.63, 3.8) is 0 Å². The van der Waals surface area contributed by atoms with Crippen molar-refractivity contribution in [1.82, 2.24) is 19.7 Å². The molecule has 7 heteroatoms. The molecule has 122 valence electrons. The van der Waals surface area contributed by atoms with E-state index < -0.39 is 0 Å². The zero-order chi connectivity index (χ0) is 16.4. The maximum atomic E-state index is 12.4. The Hall–Kier alpha value is -2.80. The van der Waals surface area contributed by atoms with Gasteiger partial charge in [-0.3, -0.25) is 19.4 Å². The summed E-state index contributed by atoms with van der Waals surface area (Å²) in [7, 11) is 0. The van der Waals surface area contributed by atoms with Crippen LogP contribution in [-0.4, -0.2) is 38.9 Å². The van der Waals surface area contributed by atoms with E-state index in [0.29, 0.717) is 22.8 Å². The molecule has 24 heavy (non-hydrogen) atoms. The molecule has 3 heterocycles. The van der Waals surface area contributed by atoms with E-state index in [0.717, 1.165) is 31.6 Å². The smallest absolute Gasteiger partial charge is 0.255 e. The molecule has 1 aliphatic heterocycles. The number of anilines is 1. The average molecular weight is 323 g/mol. The molecule has 0 atom stereocenters. The van der Waals surface area contributed by atoms with E-state index in [1.165, 1.54) is 0 Å². The lowest BCUT2D eigenvalue weighted by atomic mass is 10.1. The first-order valence-electron chi connectivity index (χ1n) is 7.93. The summed E-state index contributed by atoms with van der Waals surface area (Å²) >= 11 is 0. The van der Waals surface area contributed by atoms with Crippen molar-refractivity contribution in [2.75, 3.05) is 18.5 Å². The molecule has 1 aliphatic rings. The van der Waals surface area contributed by atoms with Crippen LogP contribution in [-0.2, 0) is 4.74 Å². The second kappa shape index (κ2) is 6.37. The minimum atomic E-state index is -0.186. The lowest BCUT2D eigenvalue weighted by molar-refractivity contribution is 0.0662. The summed E-state index contributed by atoms with van der Waals surface area (Å²) in [4.78, 5) is 20.9. The van der Waals surface area contributed by atoms with Gasteiger partial charge in [0.2, 0.25) is 0 Å². The van der Waals surface area contributed by atoms with Crippen LogP contribution in [0.15, 0.2) is 43.0 Å². The molecule has 1 N–H and O–H groups in total. The lowest BCUT2D eigenvalue weighted by Crippen LogP contribution is -2.19. The van der Waals surface area contributed by atoms with Crippen molar-refractivity contribution in [2.45, 2.75) is 18.9 Å². The first kappa shape index (κ1) is 14.8. The molecule has 1 aromatic carbocycles. The van der Waals surface area contributed by atoms with E-state index in [4.69, 9.17) is 4.74 Å². The fraction of sp³-hybridized carbons (Fsp3) is 0.294. The van der Waals surface area contributed by atoms with Crippen LogP contribution < -0.4 is 5.32 Å². The van der Waals surface area contributed by atoms with E-state index in [1.807, 2.05) is 10.9 Å². The summed E-state index contributed by atoms with van der Waals surface area (Å²) < 4.78 is 7.27. The molecule has 0 unspecified atom stereocenters. The van der Waals surface area contributed by atoms with Gasteiger partial charge in [-0.1, -0.05) is 0 Å². The van der Waals surface area contributed by atoms with Gasteiger partial charge >= 0.3 is 0 Å². The van der Waals surface area contributed by atoms with Gasteiger partial charge in [-0.05, 0) is 31.0 Å². The van der Waals surface area contributed by atoms with E-state index >= 15 is 0 Å². The van der Waals surface area contributed by atoms with Crippen LogP contribution in [0.2, 0.25) is 0 Å². The van der Waals surface area contributed by atoms with Gasteiger partial charge in [0.1, 0.15) is 0 Å². The maximum absolute atomic E-state index is 12.4. The Kier molecular flexibility index (Phi) is 3.92. The first-order valence-corrected chi connectivity index (χ1v) is 7.93. The van der Waals surface area contributed by atoms with Crippen LogP contribution >= 0.6 is 0 Å². The Bertz CT molecular complexity index is 870. The highest BCUT2D eigenvalue weighted by Crippen LogP contribution is 2.21. The van der Waals surface area contributed by atoms with Gasteiger partial charge in [-0.2, -0.15) is 5.10 Å². The van der Waals surface area contributed by atoms with Gasteiger partial charge < -0.3 is 10.1 Å². The largest absolute Gasteiger partial charge is 0.381 e. The van der Waals surface area contributed by atoms with Crippen molar-refractivity contribution in [2.24, 2.45) is 0 Å². The van der Waals surface area contributed by atoms with Gasteiger partial charge in [0.15, 0.2) is 0 Å². The van der Waals surface area contributed by atoms with Crippen LogP contribution in [0.4, 0.5) is 5.69 Å². The summed E-state index contributed by atoms with van der Waals surface area (Å²) in [6.45, 7) is 1.51. The molecule has 0 spiro atoms. The number of rotatable bonds is 3. The molecule has 1 amide bonds. The number of hydrogen-bond donors (Lipinski definition) is 1. The third-order valence-corrected chi connectivity index (χ3v) is 4.16. The van der Waals surface area contributed by atoms with Gasteiger partial charge in [-0.25, -0.2) is 0 Å². The molecular formula is C17H17N5O2. The Morgan fingerprint density at radius 3 is 2.79 bits per heavy atom. The number of ether oxygens (including phenoxy) is 1. The molecule has 0 bridgehead atoms. The molecule has 2 aromatic heterocycles. The highest BCUT2D eigenvalue weighted by molar-refractivity contribution is 6.05. The molecular weight excluding hydrogens is 306 g/mol. The third-order valence-electron chi connectivity index (χ3n) is 4.16. The summed E-state index contributed by atoms with van der Waals surface area (Å²) in [5, 5.41) is 7.24. The quantitative estimate of drug-likeness (QED) is 0.800. The van der Waals surface area contributed by atoms with E-state index in [2.05, 4.69) is 20.4 Å². The van der Waals surface area contributed by atoms with Crippen LogP contribution in [0, 0.1) is 0 Å². The molecule has 7 nitrogen and oxygen atoms in total. The zero-order valence-corrected chi connectivity index (χ0v) is 13.1. The van der Waals surface area contributed by atoms with E-state index in [9.17, 15) is 4.79 Å². The highest BCUT2D eigenvalue weighted by atomic mass is 16.5. The van der Waals surface area contributed by atoms with Crippen LogP contribution in [0.5, 0.6) is 0 Å². The molecule has 1 fully saturated rings. The molecule has 4 rings (SSSR count). The average Bonchev–Trinajstić information content (AvgIpc) is 3.10. The van der Waals surface area contributed by atoms with Crippen LogP contribution in [0.1, 0.15) is 29.2 Å². The predicted octanol–water partition coefficient (Wildman–Crippen LogP) is 2.43. The van der Waals surface area contributed by atoms with E-state index in [1.54, 1.807) is 36.8 Å². The number of nitrogens with zero attached hydrogens (tertiary/aromatic N) is 4. The van der Waals surface area contributed by atoms with Crippen LogP contribution in [0.25, 0.3) is 11.0 Å². The van der Waals surface area contributed by atoms with Gasteiger partial charge in [-0.15, -0.1) is 0 Å². The van der Waals surface area contributed by atoms with Crippen LogP contribution in [0.3, 0.4) is 0 Å². The van der Waals surface area contributed by atoms with Crippen molar-refractivity contribution in [1.29, 1.82) is 0 Å². The number of carbonyl (C=O) groups is 1. The second-order valence-electron chi connectivity index (χ2n) is 5.77. The minimum Gasteiger partial charge on any atom is -0.381 e. The van der Waals surface area contributed by atoms with Crippen molar-refractivity contribution in [3.8, 4) is 0 Å². The second-order valence-corrected chi connectivity index (χ2v) is 5.77. The highest BCUT2D eigenvalue weighted by Gasteiger charge is 2.17. The number of hydrogen-bond acceptors (Lipinski definition) is 5. The summed E-state index contributed by atoms with van der Waals surface area (Å²) in [5.41, 5.74) is 2.69. The number of fused-ring (bicyclic) bond motifs is 1. The minimum absolute atomic E-state index is 0.186. The normalized spacial score (nSPS) is 15.5. The molecule has 0 aliphatic carbocycles. The molecule has 0 radical (unpaired) electrons. The first-order chi connectivity index (χ1) is 11.8. The lowest BCUT2D eigenvalue weighted by Gasteiger charge is -2.22.